The highest BCUT2D eigenvalue weighted by Crippen LogP contribution is 1.63. The zero-order chi connectivity index (χ0) is 7.41. The van der Waals surface area contributed by atoms with Gasteiger partial charge in [0.05, 0.1) is 0 Å². The molecule has 0 radical (unpaired) electrons. The van der Waals surface area contributed by atoms with Crippen LogP contribution in [-0.2, 0) is 0 Å². The molecule has 0 aliphatic heterocycles. The van der Waals surface area contributed by atoms with Crippen molar-refractivity contribution in [1.82, 2.24) is 0 Å². The van der Waals surface area contributed by atoms with Gasteiger partial charge in [-0.2, -0.15) is 0 Å². The molecule has 0 heterocycles. The molecule has 0 aliphatic rings. The minimum atomic E-state index is -0.847. The van der Waals surface area contributed by atoms with Gasteiger partial charge in [0.2, 0.25) is 0 Å². The first-order valence-corrected chi connectivity index (χ1v) is 2.03. The second kappa shape index (κ2) is 126. The first kappa shape index (κ1) is 23.4. The largest absolute Gasteiger partial charge is 0.248 e. The van der Waals surface area contributed by atoms with E-state index < -0.39 is 13.3 Å². The van der Waals surface area contributed by atoms with Gasteiger partial charge in [0.1, 0.15) is 13.3 Å². The Bertz CT molecular complexity index is 23.0. The maximum Gasteiger partial charge on any atom is 0.118 e. The lowest BCUT2D eigenvalue weighted by molar-refractivity contribution is 0.380. The molecule has 0 aliphatic carbocycles. The van der Waals surface area contributed by atoms with Crippen molar-refractivity contribution in [2.45, 2.75) is 0 Å². The van der Waals surface area contributed by atoms with E-state index in [1.54, 1.807) is 0 Å². The summed E-state index contributed by atoms with van der Waals surface area (Å²) in [5.41, 5.74) is 0. The summed E-state index contributed by atoms with van der Waals surface area (Å²) in [7, 11) is 0. The van der Waals surface area contributed by atoms with E-state index >= 15 is 0 Å². The van der Waals surface area contributed by atoms with Crippen molar-refractivity contribution in [3.8, 4) is 0 Å². The number of halogens is 3. The third-order valence-electron chi connectivity index (χ3n) is 0.0714. The molecule has 3 heteroatoms. The molecule has 0 unspecified atom stereocenters. The summed E-state index contributed by atoms with van der Waals surface area (Å²) in [6, 6.07) is 0. The predicted molar refractivity (Wildman–Crippen MR) is 41.7 cm³/mol. The minimum absolute atomic E-state index is 0. The summed E-state index contributed by atoms with van der Waals surface area (Å²) in [4.78, 5) is 0. The molecule has 0 nitrogen and oxygen atoms in total. The second-order valence-electron chi connectivity index (χ2n) is 0.378. The number of alkyl halides is 2. The van der Waals surface area contributed by atoms with Gasteiger partial charge in [-0.05, 0) is 0 Å². The van der Waals surface area contributed by atoms with E-state index in [-0.39, 0.29) is 12.4 Å². The van der Waals surface area contributed by atoms with Crippen LogP contribution in [-0.4, -0.2) is 13.3 Å². The molecule has 0 aromatic heterocycles. The Hall–Kier alpha value is -0.370. The molecule has 58 valence electrons. The summed E-state index contributed by atoms with van der Waals surface area (Å²) in [5.74, 6) is 0. The third kappa shape index (κ3) is 609. The molecule has 9 heavy (non-hydrogen) atoms. The molecule has 0 N–H and O–H groups in total. The van der Waals surface area contributed by atoms with Crippen molar-refractivity contribution in [1.29, 1.82) is 0 Å². The van der Waals surface area contributed by atoms with Crippen LogP contribution in [0.25, 0.3) is 0 Å². The highest BCUT2D eigenvalue weighted by atomic mass is 35.5. The molecular weight excluding hydrogens is 146 g/mol. The zero-order valence-corrected chi connectivity index (χ0v) is 6.22. The van der Waals surface area contributed by atoms with E-state index in [2.05, 4.69) is 26.3 Å². The Labute approximate surface area is 61.7 Å². The van der Waals surface area contributed by atoms with Crippen LogP contribution in [0.3, 0.4) is 0 Å². The minimum Gasteiger partial charge on any atom is -0.248 e. The fourth-order valence-electron chi connectivity index (χ4n) is 0. The average molecular weight is 159 g/mol. The Morgan fingerprint density at radius 1 is 0.778 bits per heavy atom. The van der Waals surface area contributed by atoms with Crippen molar-refractivity contribution in [3.05, 3.63) is 26.3 Å². The molecular formula is C6H13ClF2. The summed E-state index contributed by atoms with van der Waals surface area (Å²) in [5, 5.41) is 0. The summed E-state index contributed by atoms with van der Waals surface area (Å²) in [6.45, 7) is 10.3. The molecule has 0 bridgehead atoms. The van der Waals surface area contributed by atoms with Gasteiger partial charge >= 0.3 is 0 Å². The SMILES string of the molecule is C=C.C=C.Cl.FCCF. The summed E-state index contributed by atoms with van der Waals surface area (Å²) >= 11 is 0. The lowest BCUT2D eigenvalue weighted by Crippen LogP contribution is -1.68. The standard InChI is InChI=1S/C2H4F2.2C2H4.ClH/c3-1-2-4;2*1-2;/h1-2H2;2*1-2H2;1H. The van der Waals surface area contributed by atoms with Crippen molar-refractivity contribution in [3.63, 3.8) is 0 Å². The third-order valence-corrected chi connectivity index (χ3v) is 0.0714. The Kier molecular flexibility index (Phi) is 329. The van der Waals surface area contributed by atoms with Crippen LogP contribution in [0.5, 0.6) is 0 Å². The van der Waals surface area contributed by atoms with Gasteiger partial charge in [-0.25, -0.2) is 8.78 Å². The van der Waals surface area contributed by atoms with E-state index in [9.17, 15) is 8.78 Å². The van der Waals surface area contributed by atoms with Gasteiger partial charge in [0, 0.05) is 0 Å². The molecule has 0 atom stereocenters. The van der Waals surface area contributed by atoms with E-state index in [1.807, 2.05) is 0 Å². The maximum absolute atomic E-state index is 10.3. The molecule has 0 aromatic rings. The van der Waals surface area contributed by atoms with Gasteiger partial charge in [0.25, 0.3) is 0 Å². The monoisotopic (exact) mass is 158 g/mol. The Morgan fingerprint density at radius 2 is 0.889 bits per heavy atom. The highest BCUT2D eigenvalue weighted by molar-refractivity contribution is 5.85. The molecule has 0 amide bonds. The van der Waals surface area contributed by atoms with Crippen molar-refractivity contribution in [2.75, 3.05) is 13.3 Å². The van der Waals surface area contributed by atoms with Crippen LogP contribution in [0, 0.1) is 0 Å². The van der Waals surface area contributed by atoms with E-state index in [0.717, 1.165) is 0 Å². The first-order chi connectivity index (χ1) is 3.91. The van der Waals surface area contributed by atoms with Crippen molar-refractivity contribution in [2.24, 2.45) is 0 Å². The smallest absolute Gasteiger partial charge is 0.118 e. The quantitative estimate of drug-likeness (QED) is 0.515. The average Bonchev–Trinajstić information content (AvgIpc) is 1.96. The number of rotatable bonds is 1. The molecule has 0 saturated carbocycles. The van der Waals surface area contributed by atoms with E-state index in [1.165, 1.54) is 0 Å². The van der Waals surface area contributed by atoms with Gasteiger partial charge in [0.15, 0.2) is 0 Å². The Balaban J connectivity index is -0.0000000221. The van der Waals surface area contributed by atoms with Crippen LogP contribution in [0.4, 0.5) is 8.78 Å². The molecule has 0 fully saturated rings. The Morgan fingerprint density at radius 3 is 0.889 bits per heavy atom. The van der Waals surface area contributed by atoms with Gasteiger partial charge in [-0.15, -0.1) is 38.7 Å². The fourth-order valence-corrected chi connectivity index (χ4v) is 0. The van der Waals surface area contributed by atoms with Gasteiger partial charge < -0.3 is 0 Å². The topological polar surface area (TPSA) is 0 Å². The maximum atomic E-state index is 10.3. The molecule has 0 aromatic carbocycles. The number of hydrogen-bond donors (Lipinski definition) is 0. The van der Waals surface area contributed by atoms with Crippen LogP contribution >= 0.6 is 12.4 Å². The van der Waals surface area contributed by atoms with Gasteiger partial charge in [-0.1, -0.05) is 0 Å². The van der Waals surface area contributed by atoms with Gasteiger partial charge in [-0.3, -0.25) is 0 Å². The lowest BCUT2D eigenvalue weighted by atomic mass is 10.9. The summed E-state index contributed by atoms with van der Waals surface area (Å²) < 4.78 is 20.7. The zero-order valence-electron chi connectivity index (χ0n) is 5.41. The van der Waals surface area contributed by atoms with Crippen LogP contribution in [0.2, 0.25) is 0 Å². The van der Waals surface area contributed by atoms with E-state index in [0.29, 0.717) is 0 Å². The van der Waals surface area contributed by atoms with Crippen molar-refractivity contribution >= 4 is 12.4 Å². The van der Waals surface area contributed by atoms with E-state index in [4.69, 9.17) is 0 Å². The fraction of sp³-hybridized carbons (Fsp3) is 0.333. The molecule has 0 rings (SSSR count). The van der Waals surface area contributed by atoms with Crippen LogP contribution < -0.4 is 0 Å². The second-order valence-corrected chi connectivity index (χ2v) is 0.378. The number of hydrogen-bond acceptors (Lipinski definition) is 0. The first-order valence-electron chi connectivity index (χ1n) is 2.03. The molecule has 0 spiro atoms. The van der Waals surface area contributed by atoms with Crippen LogP contribution in [0.15, 0.2) is 26.3 Å². The van der Waals surface area contributed by atoms with Crippen molar-refractivity contribution < 1.29 is 8.78 Å². The lowest BCUT2D eigenvalue weighted by Gasteiger charge is -1.61. The predicted octanol–water partition coefficient (Wildman–Crippen LogP) is 2.95. The summed E-state index contributed by atoms with van der Waals surface area (Å²) in [6.07, 6.45) is 0. The normalized spacial score (nSPS) is 4.22. The molecule has 0 saturated heterocycles. The highest BCUT2D eigenvalue weighted by Gasteiger charge is 1.65. The van der Waals surface area contributed by atoms with Crippen LogP contribution in [0.1, 0.15) is 0 Å².